The molecule has 3 nitrogen and oxygen atoms in total. The van der Waals surface area contributed by atoms with E-state index in [1.54, 1.807) is 0 Å². The SMILES string of the molecule is CCn1ccnc1C(NC)C1CC2CCC1C2. The molecular weight excluding hydrogens is 210 g/mol. The monoisotopic (exact) mass is 233 g/mol. The van der Waals surface area contributed by atoms with E-state index in [9.17, 15) is 0 Å². The summed E-state index contributed by atoms with van der Waals surface area (Å²) in [5.74, 6) is 4.00. The van der Waals surface area contributed by atoms with Gasteiger partial charge in [0.2, 0.25) is 0 Å². The third-order valence-electron chi connectivity index (χ3n) is 4.90. The lowest BCUT2D eigenvalue weighted by Crippen LogP contribution is -2.31. The van der Waals surface area contributed by atoms with Crippen LogP contribution in [0, 0.1) is 17.8 Å². The van der Waals surface area contributed by atoms with Gasteiger partial charge in [0.05, 0.1) is 6.04 Å². The van der Waals surface area contributed by atoms with E-state index in [2.05, 4.69) is 35.0 Å². The first-order valence-corrected chi connectivity index (χ1v) is 7.01. The van der Waals surface area contributed by atoms with E-state index in [0.717, 1.165) is 24.3 Å². The van der Waals surface area contributed by atoms with E-state index in [1.807, 2.05) is 6.20 Å². The van der Waals surface area contributed by atoms with Crippen LogP contribution in [-0.4, -0.2) is 16.6 Å². The quantitative estimate of drug-likeness (QED) is 0.866. The zero-order valence-corrected chi connectivity index (χ0v) is 10.9. The molecule has 2 aliphatic rings. The van der Waals surface area contributed by atoms with Crippen LogP contribution < -0.4 is 5.32 Å². The van der Waals surface area contributed by atoms with Crippen molar-refractivity contribution in [2.75, 3.05) is 7.05 Å². The van der Waals surface area contributed by atoms with Crippen molar-refractivity contribution in [1.29, 1.82) is 0 Å². The van der Waals surface area contributed by atoms with Gasteiger partial charge in [-0.1, -0.05) is 6.42 Å². The molecule has 0 aliphatic heterocycles. The van der Waals surface area contributed by atoms with Gasteiger partial charge in [0, 0.05) is 18.9 Å². The number of rotatable bonds is 4. The highest BCUT2D eigenvalue weighted by Crippen LogP contribution is 2.52. The Kier molecular flexibility index (Phi) is 2.95. The van der Waals surface area contributed by atoms with Gasteiger partial charge >= 0.3 is 0 Å². The molecule has 17 heavy (non-hydrogen) atoms. The lowest BCUT2D eigenvalue weighted by Gasteiger charge is -2.30. The number of aromatic nitrogens is 2. The minimum absolute atomic E-state index is 0.459. The minimum Gasteiger partial charge on any atom is -0.334 e. The number of hydrogen-bond acceptors (Lipinski definition) is 2. The van der Waals surface area contributed by atoms with Gasteiger partial charge in [0.1, 0.15) is 5.82 Å². The fourth-order valence-electron chi connectivity index (χ4n) is 4.10. The Balaban J connectivity index is 1.84. The van der Waals surface area contributed by atoms with Gasteiger partial charge < -0.3 is 9.88 Å². The van der Waals surface area contributed by atoms with Crippen LogP contribution in [0.15, 0.2) is 12.4 Å². The van der Waals surface area contributed by atoms with Crippen molar-refractivity contribution in [3.63, 3.8) is 0 Å². The van der Waals surface area contributed by atoms with Crippen LogP contribution in [0.2, 0.25) is 0 Å². The van der Waals surface area contributed by atoms with E-state index >= 15 is 0 Å². The van der Waals surface area contributed by atoms with Crippen molar-refractivity contribution in [2.45, 2.75) is 45.2 Å². The zero-order chi connectivity index (χ0) is 11.8. The largest absolute Gasteiger partial charge is 0.334 e. The molecule has 0 spiro atoms. The van der Waals surface area contributed by atoms with E-state index in [4.69, 9.17) is 0 Å². The van der Waals surface area contributed by atoms with Crippen LogP contribution in [0.25, 0.3) is 0 Å². The maximum Gasteiger partial charge on any atom is 0.126 e. The molecule has 2 aliphatic carbocycles. The molecule has 2 bridgehead atoms. The number of fused-ring (bicyclic) bond motifs is 2. The summed E-state index contributed by atoms with van der Waals surface area (Å²) in [4.78, 5) is 4.59. The molecule has 4 unspecified atom stereocenters. The predicted octanol–water partition coefficient (Wildman–Crippen LogP) is 2.60. The second-order valence-corrected chi connectivity index (χ2v) is 5.68. The molecule has 1 heterocycles. The number of nitrogens with one attached hydrogen (secondary N) is 1. The smallest absolute Gasteiger partial charge is 0.126 e. The Bertz CT molecular complexity index is 385. The maximum absolute atomic E-state index is 4.59. The lowest BCUT2D eigenvalue weighted by atomic mass is 9.83. The van der Waals surface area contributed by atoms with Crippen molar-refractivity contribution in [3.8, 4) is 0 Å². The number of nitrogens with zero attached hydrogens (tertiary/aromatic N) is 2. The third-order valence-corrected chi connectivity index (χ3v) is 4.90. The number of aryl methyl sites for hydroxylation is 1. The van der Waals surface area contributed by atoms with Gasteiger partial charge in [-0.25, -0.2) is 4.98 Å². The summed E-state index contributed by atoms with van der Waals surface area (Å²) in [5.41, 5.74) is 0. The highest BCUT2D eigenvalue weighted by molar-refractivity contribution is 5.06. The normalized spacial score (nSPS) is 33.2. The molecule has 1 N–H and O–H groups in total. The van der Waals surface area contributed by atoms with Crippen LogP contribution in [0.5, 0.6) is 0 Å². The highest BCUT2D eigenvalue weighted by Gasteiger charge is 2.44. The molecule has 0 radical (unpaired) electrons. The molecule has 1 aromatic heterocycles. The molecule has 1 aromatic rings. The standard InChI is InChI=1S/C14H23N3/c1-3-17-7-6-16-14(17)13(15-2)12-9-10-4-5-11(12)8-10/h6-7,10-13,15H,3-5,8-9H2,1-2H3. The van der Waals surface area contributed by atoms with Crippen LogP contribution in [-0.2, 0) is 6.54 Å². The summed E-state index contributed by atoms with van der Waals surface area (Å²) in [6, 6.07) is 0.459. The minimum atomic E-state index is 0.459. The number of imidazole rings is 1. The lowest BCUT2D eigenvalue weighted by molar-refractivity contribution is 0.248. The van der Waals surface area contributed by atoms with Crippen molar-refractivity contribution in [2.24, 2.45) is 17.8 Å². The topological polar surface area (TPSA) is 29.9 Å². The van der Waals surface area contributed by atoms with Gasteiger partial charge in [-0.05, 0) is 51.0 Å². The average Bonchev–Trinajstić information content (AvgIpc) is 3.05. The van der Waals surface area contributed by atoms with Crippen molar-refractivity contribution in [3.05, 3.63) is 18.2 Å². The Hall–Kier alpha value is -0.830. The molecule has 4 atom stereocenters. The molecule has 0 saturated heterocycles. The first-order chi connectivity index (χ1) is 8.33. The van der Waals surface area contributed by atoms with Crippen molar-refractivity contribution >= 4 is 0 Å². The van der Waals surface area contributed by atoms with Crippen LogP contribution >= 0.6 is 0 Å². The van der Waals surface area contributed by atoms with Crippen LogP contribution in [0.1, 0.15) is 44.5 Å². The Morgan fingerprint density at radius 2 is 2.35 bits per heavy atom. The molecule has 3 rings (SSSR count). The predicted molar refractivity (Wildman–Crippen MR) is 68.6 cm³/mol. The van der Waals surface area contributed by atoms with Crippen molar-refractivity contribution < 1.29 is 0 Å². The Morgan fingerprint density at radius 3 is 2.94 bits per heavy atom. The van der Waals surface area contributed by atoms with E-state index < -0.39 is 0 Å². The van der Waals surface area contributed by atoms with Gasteiger partial charge in [-0.2, -0.15) is 0 Å². The number of hydrogen-bond donors (Lipinski definition) is 1. The molecule has 2 fully saturated rings. The molecular formula is C14H23N3. The maximum atomic E-state index is 4.59. The van der Waals surface area contributed by atoms with Gasteiger partial charge in [0.25, 0.3) is 0 Å². The Labute approximate surface area is 104 Å². The molecule has 2 saturated carbocycles. The molecule has 0 amide bonds. The second-order valence-electron chi connectivity index (χ2n) is 5.68. The van der Waals surface area contributed by atoms with Crippen LogP contribution in [0.3, 0.4) is 0 Å². The summed E-state index contributed by atoms with van der Waals surface area (Å²) < 4.78 is 2.28. The fraction of sp³-hybridized carbons (Fsp3) is 0.786. The van der Waals surface area contributed by atoms with E-state index in [1.165, 1.54) is 31.5 Å². The van der Waals surface area contributed by atoms with Crippen LogP contribution in [0.4, 0.5) is 0 Å². The third kappa shape index (κ3) is 1.81. The summed E-state index contributed by atoms with van der Waals surface area (Å²) in [6.45, 7) is 3.22. The average molecular weight is 233 g/mol. The summed E-state index contributed by atoms with van der Waals surface area (Å²) in [5, 5.41) is 3.52. The summed E-state index contributed by atoms with van der Waals surface area (Å²) in [6.07, 6.45) is 9.84. The zero-order valence-electron chi connectivity index (χ0n) is 10.9. The highest BCUT2D eigenvalue weighted by atomic mass is 15.1. The van der Waals surface area contributed by atoms with E-state index in [0.29, 0.717) is 6.04 Å². The van der Waals surface area contributed by atoms with Gasteiger partial charge in [-0.15, -0.1) is 0 Å². The van der Waals surface area contributed by atoms with Gasteiger partial charge in [-0.3, -0.25) is 0 Å². The molecule has 0 aromatic carbocycles. The first kappa shape index (κ1) is 11.3. The van der Waals surface area contributed by atoms with Crippen molar-refractivity contribution in [1.82, 2.24) is 14.9 Å². The Morgan fingerprint density at radius 1 is 1.47 bits per heavy atom. The summed E-state index contributed by atoms with van der Waals surface area (Å²) in [7, 11) is 2.09. The molecule has 94 valence electrons. The van der Waals surface area contributed by atoms with E-state index in [-0.39, 0.29) is 0 Å². The fourth-order valence-corrected chi connectivity index (χ4v) is 4.10. The first-order valence-electron chi connectivity index (χ1n) is 7.01. The second kappa shape index (κ2) is 4.45. The summed E-state index contributed by atoms with van der Waals surface area (Å²) >= 11 is 0. The van der Waals surface area contributed by atoms with Gasteiger partial charge in [0.15, 0.2) is 0 Å². The molecule has 3 heteroatoms.